The fraction of sp³-hybridized carbons (Fsp3) is 0.250. The first-order valence-electron chi connectivity index (χ1n) is 10.5. The van der Waals surface area contributed by atoms with Crippen LogP contribution in [0.4, 0.5) is 0 Å². The standard InChI is InChI=1S/C24H23BrN4O3S/c1-15(2)13-21-28-29-22(26)20(23(30)27-24(29)33-21)14-16-3-7-18(8-4-16)31-11-12-32-19-9-5-17(25)6-10-19/h3-10,14-15,26H,11-13H2,1-2H3/b20-14-,26-22?. The summed E-state index contributed by atoms with van der Waals surface area (Å²) in [7, 11) is 0. The maximum absolute atomic E-state index is 12.5. The number of hydrazone groups is 1. The highest BCUT2D eigenvalue weighted by Crippen LogP contribution is 2.30. The Morgan fingerprint density at radius 1 is 1.06 bits per heavy atom. The van der Waals surface area contributed by atoms with Crippen LogP contribution in [0.15, 0.2) is 68.7 Å². The van der Waals surface area contributed by atoms with Crippen molar-refractivity contribution in [1.29, 1.82) is 5.41 Å². The molecule has 0 saturated carbocycles. The van der Waals surface area contributed by atoms with Crippen molar-refractivity contribution in [2.45, 2.75) is 20.3 Å². The fourth-order valence-corrected chi connectivity index (χ4v) is 4.50. The van der Waals surface area contributed by atoms with Crippen LogP contribution in [0.3, 0.4) is 0 Å². The number of rotatable bonds is 8. The van der Waals surface area contributed by atoms with E-state index in [4.69, 9.17) is 14.9 Å². The number of fused-ring (bicyclic) bond motifs is 1. The van der Waals surface area contributed by atoms with Crippen molar-refractivity contribution in [3.05, 3.63) is 64.1 Å². The number of ether oxygens (including phenoxy) is 2. The number of aliphatic imine (C=N–C) groups is 1. The molecule has 9 heteroatoms. The first kappa shape index (κ1) is 23.3. The predicted octanol–water partition coefficient (Wildman–Crippen LogP) is 5.57. The summed E-state index contributed by atoms with van der Waals surface area (Å²) < 4.78 is 12.4. The molecule has 2 aromatic rings. The van der Waals surface area contributed by atoms with Gasteiger partial charge in [-0.25, -0.2) is 0 Å². The Balaban J connectivity index is 1.35. The van der Waals surface area contributed by atoms with Gasteiger partial charge in [0, 0.05) is 10.9 Å². The summed E-state index contributed by atoms with van der Waals surface area (Å²) in [5.41, 5.74) is 0.990. The lowest BCUT2D eigenvalue weighted by Crippen LogP contribution is -2.35. The van der Waals surface area contributed by atoms with E-state index < -0.39 is 5.91 Å². The highest BCUT2D eigenvalue weighted by molar-refractivity contribution is 9.10. The van der Waals surface area contributed by atoms with Crippen molar-refractivity contribution < 1.29 is 14.3 Å². The van der Waals surface area contributed by atoms with Crippen molar-refractivity contribution in [1.82, 2.24) is 5.01 Å². The molecule has 0 atom stereocenters. The Morgan fingerprint density at radius 3 is 2.27 bits per heavy atom. The lowest BCUT2D eigenvalue weighted by atomic mass is 10.1. The summed E-state index contributed by atoms with van der Waals surface area (Å²) in [6.45, 7) is 5.03. The number of amidine groups is 2. The number of halogens is 1. The van der Waals surface area contributed by atoms with E-state index in [2.05, 4.69) is 39.9 Å². The van der Waals surface area contributed by atoms with Gasteiger partial charge in [0.25, 0.3) is 5.91 Å². The maximum Gasteiger partial charge on any atom is 0.283 e. The average Bonchev–Trinajstić information content (AvgIpc) is 3.18. The molecule has 4 rings (SSSR count). The second kappa shape index (κ2) is 10.4. The zero-order valence-electron chi connectivity index (χ0n) is 18.2. The summed E-state index contributed by atoms with van der Waals surface area (Å²) in [4.78, 5) is 16.7. The van der Waals surface area contributed by atoms with Crippen LogP contribution in [0, 0.1) is 11.3 Å². The van der Waals surface area contributed by atoms with E-state index in [0.29, 0.717) is 30.0 Å². The van der Waals surface area contributed by atoms with Crippen LogP contribution in [-0.4, -0.2) is 40.2 Å². The number of nitrogens with zero attached hydrogens (tertiary/aromatic N) is 3. The van der Waals surface area contributed by atoms with E-state index in [1.807, 2.05) is 48.5 Å². The van der Waals surface area contributed by atoms with Crippen LogP contribution >= 0.6 is 27.7 Å². The number of hydrogen-bond donors (Lipinski definition) is 1. The predicted molar refractivity (Wildman–Crippen MR) is 136 cm³/mol. The van der Waals surface area contributed by atoms with Crippen molar-refractivity contribution in [3.8, 4) is 11.5 Å². The van der Waals surface area contributed by atoms with Gasteiger partial charge in [-0.2, -0.15) is 15.1 Å². The highest BCUT2D eigenvalue weighted by atomic mass is 79.9. The molecular weight excluding hydrogens is 504 g/mol. The van der Waals surface area contributed by atoms with Gasteiger partial charge in [0.05, 0.1) is 5.57 Å². The zero-order chi connectivity index (χ0) is 23.4. The van der Waals surface area contributed by atoms with E-state index in [1.54, 1.807) is 6.08 Å². The van der Waals surface area contributed by atoms with Gasteiger partial charge in [-0.3, -0.25) is 10.2 Å². The van der Waals surface area contributed by atoms with Gasteiger partial charge in [-0.1, -0.05) is 41.9 Å². The molecule has 7 nitrogen and oxygen atoms in total. The van der Waals surface area contributed by atoms with E-state index in [9.17, 15) is 4.79 Å². The van der Waals surface area contributed by atoms with Gasteiger partial charge < -0.3 is 9.47 Å². The molecule has 0 saturated heterocycles. The highest BCUT2D eigenvalue weighted by Gasteiger charge is 2.35. The number of nitrogens with one attached hydrogen (secondary N) is 1. The van der Waals surface area contributed by atoms with Gasteiger partial charge >= 0.3 is 0 Å². The second-order valence-corrected chi connectivity index (χ2v) is 9.79. The molecule has 0 unspecified atom stereocenters. The van der Waals surface area contributed by atoms with Crippen molar-refractivity contribution >= 4 is 55.7 Å². The number of benzene rings is 2. The molecule has 1 amide bonds. The Kier molecular flexibility index (Phi) is 7.29. The third kappa shape index (κ3) is 5.91. The van der Waals surface area contributed by atoms with Gasteiger partial charge in [0.15, 0.2) is 5.84 Å². The summed E-state index contributed by atoms with van der Waals surface area (Å²) in [6, 6.07) is 14.9. The van der Waals surface area contributed by atoms with Crippen molar-refractivity contribution in [2.24, 2.45) is 16.0 Å². The topological polar surface area (TPSA) is 87.3 Å². The van der Waals surface area contributed by atoms with Crippen LogP contribution in [0.2, 0.25) is 0 Å². The molecule has 33 heavy (non-hydrogen) atoms. The van der Waals surface area contributed by atoms with Crippen LogP contribution in [-0.2, 0) is 4.79 Å². The van der Waals surface area contributed by atoms with Crippen LogP contribution in [0.1, 0.15) is 25.8 Å². The molecule has 1 N–H and O–H groups in total. The lowest BCUT2D eigenvalue weighted by molar-refractivity contribution is -0.114. The Hall–Kier alpha value is -2.91. The van der Waals surface area contributed by atoms with Gasteiger partial charge in [0.1, 0.15) is 29.8 Å². The molecule has 0 bridgehead atoms. The molecule has 0 spiro atoms. The summed E-state index contributed by atoms with van der Waals surface area (Å²) in [5, 5.41) is 15.7. The van der Waals surface area contributed by atoms with E-state index >= 15 is 0 Å². The Labute approximate surface area is 205 Å². The molecule has 0 fully saturated rings. The van der Waals surface area contributed by atoms with Gasteiger partial charge in [-0.05, 0) is 65.7 Å². The lowest BCUT2D eigenvalue weighted by Gasteiger charge is -2.20. The van der Waals surface area contributed by atoms with Gasteiger partial charge in [0.2, 0.25) is 5.17 Å². The molecule has 2 aliphatic heterocycles. The quantitative estimate of drug-likeness (QED) is 0.358. The second-order valence-electron chi connectivity index (χ2n) is 7.83. The molecule has 0 radical (unpaired) electrons. The third-order valence-electron chi connectivity index (χ3n) is 4.70. The van der Waals surface area contributed by atoms with Gasteiger partial charge in [-0.15, -0.1) is 0 Å². The van der Waals surface area contributed by atoms with E-state index in [-0.39, 0.29) is 11.4 Å². The molecule has 2 aromatic carbocycles. The summed E-state index contributed by atoms with van der Waals surface area (Å²) >= 11 is 4.75. The minimum atomic E-state index is -0.426. The zero-order valence-corrected chi connectivity index (χ0v) is 20.6. The molecular formula is C24H23BrN4O3S. The number of carbonyl (C=O) groups excluding carboxylic acids is 1. The summed E-state index contributed by atoms with van der Waals surface area (Å²) in [6.07, 6.45) is 2.45. The minimum Gasteiger partial charge on any atom is -0.490 e. The molecule has 0 aromatic heterocycles. The Bertz CT molecular complexity index is 1140. The largest absolute Gasteiger partial charge is 0.490 e. The Morgan fingerprint density at radius 2 is 1.67 bits per heavy atom. The molecule has 2 heterocycles. The SMILES string of the molecule is CC(C)CC1=NN2C(=N)/C(=C/c3ccc(OCCOc4ccc(Br)cc4)cc3)C(=O)N=C2S1. The first-order chi connectivity index (χ1) is 15.9. The number of carbonyl (C=O) groups is 1. The number of amides is 1. The molecule has 2 aliphatic rings. The number of hydrogen-bond acceptors (Lipinski definition) is 6. The van der Waals surface area contributed by atoms with E-state index in [0.717, 1.165) is 27.3 Å². The average molecular weight is 527 g/mol. The van der Waals surface area contributed by atoms with Crippen LogP contribution in [0.25, 0.3) is 6.08 Å². The van der Waals surface area contributed by atoms with Crippen LogP contribution < -0.4 is 9.47 Å². The smallest absolute Gasteiger partial charge is 0.283 e. The first-order valence-corrected chi connectivity index (χ1v) is 12.1. The van der Waals surface area contributed by atoms with Crippen LogP contribution in [0.5, 0.6) is 11.5 Å². The monoisotopic (exact) mass is 526 g/mol. The normalized spacial score (nSPS) is 16.7. The van der Waals surface area contributed by atoms with E-state index in [1.165, 1.54) is 16.8 Å². The maximum atomic E-state index is 12.5. The fourth-order valence-electron chi connectivity index (χ4n) is 3.14. The van der Waals surface area contributed by atoms with Crippen molar-refractivity contribution in [2.75, 3.05) is 13.2 Å². The van der Waals surface area contributed by atoms with Crippen molar-refractivity contribution in [3.63, 3.8) is 0 Å². The number of thioether (sulfide) groups is 1. The summed E-state index contributed by atoms with van der Waals surface area (Å²) in [5.74, 6) is 1.53. The molecule has 0 aliphatic carbocycles. The minimum absolute atomic E-state index is 0.0432. The molecule has 170 valence electrons. The third-order valence-corrected chi connectivity index (χ3v) is 6.16.